The summed E-state index contributed by atoms with van der Waals surface area (Å²) in [6.07, 6.45) is 0. The molecule has 2 aromatic heterocycles. The Kier molecular flexibility index (Phi) is 8.44. The van der Waals surface area contributed by atoms with Crippen molar-refractivity contribution in [2.45, 2.75) is 0 Å². The summed E-state index contributed by atoms with van der Waals surface area (Å²) in [6, 6.07) is 52.5. The molecule has 0 bridgehead atoms. The van der Waals surface area contributed by atoms with E-state index in [4.69, 9.17) is 9.97 Å². The Labute approximate surface area is 287 Å². The van der Waals surface area contributed by atoms with E-state index in [-0.39, 0.29) is 28.2 Å². The molecule has 226 valence electrons. The number of benzene rings is 6. The van der Waals surface area contributed by atoms with Gasteiger partial charge in [0.1, 0.15) is 11.6 Å². The molecule has 0 saturated carbocycles. The van der Waals surface area contributed by atoms with Crippen LogP contribution in [0.3, 0.4) is 0 Å². The fourth-order valence-corrected chi connectivity index (χ4v) is 6.24. The average molecular weight is 790 g/mol. The Morgan fingerprint density at radius 2 is 1.34 bits per heavy atom. The van der Waals surface area contributed by atoms with Crippen molar-refractivity contribution in [2.75, 3.05) is 0 Å². The van der Waals surface area contributed by atoms with Crippen LogP contribution in [0.15, 0.2) is 146 Å². The maximum atomic E-state index is 15.4. The molecular formula is C41H24AuBF2N2. The zero-order valence-corrected chi connectivity index (χ0v) is 27.1. The van der Waals surface area contributed by atoms with Crippen LogP contribution in [-0.2, 0) is 22.4 Å². The van der Waals surface area contributed by atoms with Crippen molar-refractivity contribution >= 4 is 45.0 Å². The third-order valence-electron chi connectivity index (χ3n) is 8.35. The Balaban J connectivity index is 0.00000351. The molecule has 0 amide bonds. The van der Waals surface area contributed by atoms with Crippen LogP contribution in [0.4, 0.5) is 8.78 Å². The van der Waals surface area contributed by atoms with Gasteiger partial charge in [-0.15, -0.1) is 28.7 Å². The van der Waals surface area contributed by atoms with Gasteiger partial charge in [0, 0.05) is 11.3 Å². The number of rotatable bonds is 6. The monoisotopic (exact) mass is 790 g/mol. The molecule has 0 aliphatic heterocycles. The first-order valence-electron chi connectivity index (χ1n) is 15.1. The SMILES string of the molecule is Fc1ccc2[n-]c3c(B(c4ccccc4)c4cccc(-c5[c-]c(-c6[c-]cccc6)cc(-c6ccccc6)c5)n4)cc(F)cc3c2c1.[Au+3]. The fourth-order valence-electron chi connectivity index (χ4n) is 6.24. The van der Waals surface area contributed by atoms with Gasteiger partial charge < -0.3 is 9.97 Å². The van der Waals surface area contributed by atoms with Gasteiger partial charge in [-0.25, -0.2) is 14.3 Å². The minimum atomic E-state index is -0.437. The van der Waals surface area contributed by atoms with E-state index in [0.29, 0.717) is 27.3 Å². The third kappa shape index (κ3) is 5.97. The minimum Gasteiger partial charge on any atom is -0.657 e. The molecule has 0 saturated heterocycles. The molecule has 8 aromatic rings. The van der Waals surface area contributed by atoms with Crippen molar-refractivity contribution in [1.82, 2.24) is 9.97 Å². The minimum absolute atomic E-state index is 0. The molecule has 8 rings (SSSR count). The van der Waals surface area contributed by atoms with Gasteiger partial charge in [-0.05, 0) is 40.6 Å². The van der Waals surface area contributed by atoms with E-state index in [2.05, 4.69) is 36.4 Å². The quantitative estimate of drug-likeness (QED) is 0.127. The number of hydrogen-bond acceptors (Lipinski definition) is 1. The second-order valence-electron chi connectivity index (χ2n) is 11.3. The molecular weight excluding hydrogens is 766 g/mol. The third-order valence-corrected chi connectivity index (χ3v) is 8.35. The van der Waals surface area contributed by atoms with E-state index in [1.165, 1.54) is 24.3 Å². The van der Waals surface area contributed by atoms with Crippen LogP contribution in [-0.4, -0.2) is 11.7 Å². The summed E-state index contributed by atoms with van der Waals surface area (Å²) in [6.45, 7) is -0.437. The van der Waals surface area contributed by atoms with Crippen LogP contribution in [0, 0.1) is 23.8 Å². The molecule has 2 nitrogen and oxygen atoms in total. The smallest absolute Gasteiger partial charge is 0.657 e. The summed E-state index contributed by atoms with van der Waals surface area (Å²) >= 11 is 0. The topological polar surface area (TPSA) is 27.0 Å². The van der Waals surface area contributed by atoms with Crippen LogP contribution in [0.2, 0.25) is 0 Å². The molecule has 47 heavy (non-hydrogen) atoms. The van der Waals surface area contributed by atoms with Crippen LogP contribution >= 0.6 is 0 Å². The van der Waals surface area contributed by atoms with Gasteiger partial charge in [0.05, 0.1) is 0 Å². The van der Waals surface area contributed by atoms with Gasteiger partial charge in [-0.1, -0.05) is 101 Å². The van der Waals surface area contributed by atoms with Crippen molar-refractivity contribution in [1.29, 1.82) is 0 Å². The molecule has 0 aliphatic rings. The maximum Gasteiger partial charge on any atom is 3.00 e. The van der Waals surface area contributed by atoms with Crippen LogP contribution in [0.25, 0.3) is 55.3 Å². The zero-order chi connectivity index (χ0) is 31.0. The molecule has 0 atom stereocenters. The van der Waals surface area contributed by atoms with E-state index in [0.717, 1.165) is 44.6 Å². The van der Waals surface area contributed by atoms with E-state index < -0.39 is 12.5 Å². The van der Waals surface area contributed by atoms with Crippen LogP contribution in [0.5, 0.6) is 0 Å². The summed E-state index contributed by atoms with van der Waals surface area (Å²) in [4.78, 5) is 10.1. The first kappa shape index (κ1) is 30.6. The molecule has 0 spiro atoms. The number of hydrogen-bond donors (Lipinski definition) is 0. The Morgan fingerprint density at radius 1 is 0.596 bits per heavy atom. The van der Waals surface area contributed by atoms with Crippen molar-refractivity contribution in [3.8, 4) is 33.5 Å². The van der Waals surface area contributed by atoms with Crippen LogP contribution in [0.1, 0.15) is 0 Å². The summed E-state index contributed by atoms with van der Waals surface area (Å²) in [5.41, 5.74) is 9.15. The molecule has 0 unspecified atom stereocenters. The summed E-state index contributed by atoms with van der Waals surface area (Å²) in [5.74, 6) is -0.797. The first-order chi connectivity index (χ1) is 22.6. The first-order valence-corrected chi connectivity index (χ1v) is 15.1. The van der Waals surface area contributed by atoms with Crippen molar-refractivity contribution < 1.29 is 31.2 Å². The van der Waals surface area contributed by atoms with Gasteiger partial charge in [-0.2, -0.15) is 42.0 Å². The molecule has 0 N–H and O–H groups in total. The molecule has 2 heterocycles. The van der Waals surface area contributed by atoms with Crippen molar-refractivity contribution in [3.63, 3.8) is 0 Å². The van der Waals surface area contributed by atoms with Gasteiger partial charge in [0.25, 0.3) is 6.71 Å². The standard InChI is InChI=1S/C41H24BF2N2.Au/c43-33-19-20-39-35(24-33)36-25-34(44)26-37(41(36)46-39)42(32-15-8-3-9-16-32)40-18-10-17-38(45-40)31-22-29(27-11-4-1-5-12-27)21-30(23-31)28-13-6-2-7-14-28;/h1-13,15-22,24-26H;/q-3;+3. The van der Waals surface area contributed by atoms with Gasteiger partial charge in [-0.3, -0.25) is 0 Å². The molecule has 0 fully saturated rings. The summed E-state index contributed by atoms with van der Waals surface area (Å²) in [5, 5.41) is 1.16. The second kappa shape index (κ2) is 13.0. The second-order valence-corrected chi connectivity index (χ2v) is 11.3. The molecule has 6 heteroatoms. The average Bonchev–Trinajstić information content (AvgIpc) is 3.47. The number of pyridine rings is 1. The number of halogens is 2. The van der Waals surface area contributed by atoms with E-state index in [1.54, 1.807) is 6.07 Å². The Bertz CT molecular complexity index is 2280. The van der Waals surface area contributed by atoms with Crippen LogP contribution < -0.4 is 21.5 Å². The van der Waals surface area contributed by atoms with Crippen molar-refractivity contribution in [3.05, 3.63) is 169 Å². The van der Waals surface area contributed by atoms with E-state index >= 15 is 4.39 Å². The predicted octanol–water partition coefficient (Wildman–Crippen LogP) is 7.74. The van der Waals surface area contributed by atoms with Crippen molar-refractivity contribution in [2.24, 2.45) is 0 Å². The predicted molar refractivity (Wildman–Crippen MR) is 184 cm³/mol. The summed E-state index contributed by atoms with van der Waals surface area (Å²) < 4.78 is 29.7. The summed E-state index contributed by atoms with van der Waals surface area (Å²) in [7, 11) is 0. The fraction of sp³-hybridized carbons (Fsp3) is 0. The number of fused-ring (bicyclic) bond motifs is 3. The van der Waals surface area contributed by atoms with Gasteiger partial charge in [0.15, 0.2) is 0 Å². The number of aromatic nitrogens is 2. The Morgan fingerprint density at radius 3 is 2.13 bits per heavy atom. The van der Waals surface area contributed by atoms with Gasteiger partial charge in [0.2, 0.25) is 0 Å². The normalized spacial score (nSPS) is 11.0. The molecule has 0 aliphatic carbocycles. The van der Waals surface area contributed by atoms with E-state index in [1.807, 2.05) is 91.0 Å². The number of nitrogens with zero attached hydrogens (tertiary/aromatic N) is 2. The maximum absolute atomic E-state index is 15.4. The largest absolute Gasteiger partial charge is 3.00 e. The van der Waals surface area contributed by atoms with E-state index in [9.17, 15) is 4.39 Å². The molecule has 0 radical (unpaired) electrons. The zero-order valence-electron chi connectivity index (χ0n) is 24.9. The molecule has 6 aromatic carbocycles. The Hall–Kier alpha value is -5.06. The van der Waals surface area contributed by atoms with Gasteiger partial charge >= 0.3 is 22.4 Å².